The lowest BCUT2D eigenvalue weighted by atomic mass is 9.92. The minimum absolute atomic E-state index is 0.398. The molecule has 0 radical (unpaired) electrons. The van der Waals surface area contributed by atoms with Crippen LogP contribution in [0.25, 0.3) is 0 Å². The summed E-state index contributed by atoms with van der Waals surface area (Å²) in [5.41, 5.74) is 0.149. The van der Waals surface area contributed by atoms with Crippen LogP contribution in [-0.2, 0) is 10.3 Å². The first-order valence-electron chi connectivity index (χ1n) is 3.77. The van der Waals surface area contributed by atoms with E-state index in [1.165, 1.54) is 0 Å². The fourth-order valence-electron chi connectivity index (χ4n) is 1.29. The van der Waals surface area contributed by atoms with Crippen molar-refractivity contribution < 1.29 is 9.84 Å². The van der Waals surface area contributed by atoms with Crippen molar-refractivity contribution in [3.05, 3.63) is 34.3 Å². The number of hydrogen-bond acceptors (Lipinski definition) is 2. The van der Waals surface area contributed by atoms with Crippen molar-refractivity contribution in [2.24, 2.45) is 0 Å². The molecule has 0 spiro atoms. The van der Waals surface area contributed by atoms with Gasteiger partial charge in [0.25, 0.3) is 0 Å². The molecule has 0 bridgehead atoms. The number of rotatable bonds is 1. The number of ether oxygens (including phenoxy) is 1. The molecule has 1 aromatic rings. The van der Waals surface area contributed by atoms with Gasteiger partial charge in [-0.1, -0.05) is 34.1 Å². The molecule has 3 heteroatoms. The van der Waals surface area contributed by atoms with Gasteiger partial charge in [-0.3, -0.25) is 0 Å². The lowest BCUT2D eigenvalue weighted by Gasteiger charge is -2.37. The van der Waals surface area contributed by atoms with E-state index in [-0.39, 0.29) is 0 Å². The smallest absolute Gasteiger partial charge is 0.137 e. The maximum Gasteiger partial charge on any atom is 0.137 e. The van der Waals surface area contributed by atoms with E-state index in [1.54, 1.807) is 0 Å². The van der Waals surface area contributed by atoms with Gasteiger partial charge in [0.1, 0.15) is 5.60 Å². The molecule has 0 atom stereocenters. The minimum Gasteiger partial charge on any atom is -0.380 e. The molecule has 0 unspecified atom stereocenters. The molecule has 1 N–H and O–H groups in total. The van der Waals surface area contributed by atoms with Gasteiger partial charge in [-0.2, -0.15) is 0 Å². The van der Waals surface area contributed by atoms with Crippen molar-refractivity contribution in [1.82, 2.24) is 0 Å². The first-order chi connectivity index (χ1) is 5.72. The van der Waals surface area contributed by atoms with Crippen LogP contribution >= 0.6 is 15.9 Å². The zero-order valence-electron chi connectivity index (χ0n) is 6.46. The van der Waals surface area contributed by atoms with Crippen LogP contribution in [0.4, 0.5) is 0 Å². The lowest BCUT2D eigenvalue weighted by Crippen LogP contribution is -2.46. The molecule has 0 aliphatic carbocycles. The molecule has 12 heavy (non-hydrogen) atoms. The van der Waals surface area contributed by atoms with Gasteiger partial charge in [0, 0.05) is 10.0 Å². The normalized spacial score (nSPS) is 20.2. The second-order valence-corrected chi connectivity index (χ2v) is 3.86. The third-order valence-electron chi connectivity index (χ3n) is 2.06. The Labute approximate surface area is 79.3 Å². The molecule has 1 fully saturated rings. The Hall–Kier alpha value is -0.380. The van der Waals surface area contributed by atoms with Gasteiger partial charge in [-0.05, 0) is 6.07 Å². The highest BCUT2D eigenvalue weighted by Gasteiger charge is 2.39. The van der Waals surface area contributed by atoms with E-state index in [0.717, 1.165) is 10.0 Å². The van der Waals surface area contributed by atoms with Crippen LogP contribution in [0.5, 0.6) is 0 Å². The molecule has 64 valence electrons. The zero-order valence-corrected chi connectivity index (χ0v) is 8.04. The summed E-state index contributed by atoms with van der Waals surface area (Å²) in [6, 6.07) is 7.67. The average Bonchev–Trinajstić information content (AvgIpc) is 2.01. The van der Waals surface area contributed by atoms with E-state index >= 15 is 0 Å². The second-order valence-electron chi connectivity index (χ2n) is 3.00. The fourth-order valence-corrected chi connectivity index (χ4v) is 1.94. The fraction of sp³-hybridized carbons (Fsp3) is 0.333. The number of hydrogen-bond donors (Lipinski definition) is 1. The van der Waals surface area contributed by atoms with Crippen molar-refractivity contribution in [3.8, 4) is 0 Å². The van der Waals surface area contributed by atoms with Crippen molar-refractivity contribution in [2.45, 2.75) is 5.60 Å². The van der Waals surface area contributed by atoms with E-state index in [0.29, 0.717) is 13.2 Å². The van der Waals surface area contributed by atoms with E-state index in [9.17, 15) is 5.11 Å². The van der Waals surface area contributed by atoms with Gasteiger partial charge in [0.2, 0.25) is 0 Å². The summed E-state index contributed by atoms with van der Waals surface area (Å²) < 4.78 is 5.92. The predicted molar refractivity (Wildman–Crippen MR) is 48.9 cm³/mol. The molecular formula is C9H9BrO2. The van der Waals surface area contributed by atoms with Crippen LogP contribution in [0.2, 0.25) is 0 Å². The van der Waals surface area contributed by atoms with Crippen molar-refractivity contribution in [3.63, 3.8) is 0 Å². The molecule has 2 rings (SSSR count). The number of aliphatic hydroxyl groups is 1. The maximum atomic E-state index is 9.91. The Bertz CT molecular complexity index is 294. The number of benzene rings is 1. The minimum atomic E-state index is -0.764. The molecular weight excluding hydrogens is 220 g/mol. The van der Waals surface area contributed by atoms with Gasteiger partial charge in [0.15, 0.2) is 0 Å². The van der Waals surface area contributed by atoms with E-state index in [4.69, 9.17) is 4.74 Å². The largest absolute Gasteiger partial charge is 0.380 e. The average molecular weight is 229 g/mol. The van der Waals surface area contributed by atoms with E-state index in [1.807, 2.05) is 24.3 Å². The third-order valence-corrected chi connectivity index (χ3v) is 2.75. The Morgan fingerprint density at radius 2 is 2.00 bits per heavy atom. The van der Waals surface area contributed by atoms with Crippen LogP contribution in [0.1, 0.15) is 5.56 Å². The van der Waals surface area contributed by atoms with Gasteiger partial charge in [-0.15, -0.1) is 0 Å². The van der Waals surface area contributed by atoms with E-state index in [2.05, 4.69) is 15.9 Å². The first-order valence-corrected chi connectivity index (χ1v) is 4.57. The Morgan fingerprint density at radius 1 is 1.33 bits per heavy atom. The summed E-state index contributed by atoms with van der Waals surface area (Å²) >= 11 is 3.39. The molecule has 0 amide bonds. The van der Waals surface area contributed by atoms with Crippen LogP contribution in [0.15, 0.2) is 28.7 Å². The topological polar surface area (TPSA) is 29.5 Å². The van der Waals surface area contributed by atoms with Crippen molar-refractivity contribution in [1.29, 1.82) is 0 Å². The van der Waals surface area contributed by atoms with Crippen LogP contribution in [0.3, 0.4) is 0 Å². The highest BCUT2D eigenvalue weighted by atomic mass is 79.9. The molecule has 0 saturated carbocycles. The van der Waals surface area contributed by atoms with Crippen molar-refractivity contribution in [2.75, 3.05) is 13.2 Å². The second kappa shape index (κ2) is 2.83. The lowest BCUT2D eigenvalue weighted by molar-refractivity contribution is -0.185. The first kappa shape index (κ1) is 8.23. The Kier molecular flexibility index (Phi) is 1.94. The summed E-state index contributed by atoms with van der Waals surface area (Å²) in [6.07, 6.45) is 0. The Morgan fingerprint density at radius 3 is 2.50 bits per heavy atom. The van der Waals surface area contributed by atoms with Crippen LogP contribution in [0, 0.1) is 0 Å². The molecule has 0 aromatic heterocycles. The molecule has 2 nitrogen and oxygen atoms in total. The quantitative estimate of drug-likeness (QED) is 0.793. The van der Waals surface area contributed by atoms with E-state index < -0.39 is 5.60 Å². The maximum absolute atomic E-state index is 9.91. The third kappa shape index (κ3) is 1.18. The summed E-state index contributed by atoms with van der Waals surface area (Å²) in [7, 11) is 0. The highest BCUT2D eigenvalue weighted by molar-refractivity contribution is 9.10. The summed E-state index contributed by atoms with van der Waals surface area (Å²) in [5, 5.41) is 9.91. The van der Waals surface area contributed by atoms with Gasteiger partial charge in [0.05, 0.1) is 13.2 Å². The zero-order chi connectivity index (χ0) is 8.60. The SMILES string of the molecule is OC1(c2ccccc2Br)COC1. The molecule has 1 aromatic carbocycles. The Balaban J connectivity index is 2.39. The summed E-state index contributed by atoms with van der Waals surface area (Å²) in [5.74, 6) is 0. The van der Waals surface area contributed by atoms with Gasteiger partial charge >= 0.3 is 0 Å². The summed E-state index contributed by atoms with van der Waals surface area (Å²) in [4.78, 5) is 0. The van der Waals surface area contributed by atoms with Gasteiger partial charge in [-0.25, -0.2) is 0 Å². The number of halogens is 1. The van der Waals surface area contributed by atoms with Crippen LogP contribution in [-0.4, -0.2) is 18.3 Å². The standard InChI is InChI=1S/C9H9BrO2/c10-8-4-2-1-3-7(8)9(11)5-12-6-9/h1-4,11H,5-6H2. The summed E-state index contributed by atoms with van der Waals surface area (Å²) in [6.45, 7) is 0.797. The van der Waals surface area contributed by atoms with Gasteiger partial charge < -0.3 is 9.84 Å². The molecule has 1 aliphatic heterocycles. The van der Waals surface area contributed by atoms with Crippen LogP contribution < -0.4 is 0 Å². The molecule has 1 saturated heterocycles. The predicted octanol–water partition coefficient (Wildman–Crippen LogP) is 1.67. The monoisotopic (exact) mass is 228 g/mol. The molecule has 1 heterocycles. The molecule has 1 aliphatic rings. The highest BCUT2D eigenvalue weighted by Crippen LogP contribution is 2.33. The van der Waals surface area contributed by atoms with Crippen molar-refractivity contribution >= 4 is 15.9 Å².